The van der Waals surface area contributed by atoms with Crippen molar-refractivity contribution >= 4 is 11.9 Å². The Kier molecular flexibility index (Phi) is 5.79. The highest BCUT2D eigenvalue weighted by atomic mass is 19.1. The SMILES string of the molecule is COC(=O)C1(CC2CC2)CC(N(C)C)CCN1C(=O)Cc1ccc(F)cn1. The summed E-state index contributed by atoms with van der Waals surface area (Å²) in [6.45, 7) is 0.505. The van der Waals surface area contributed by atoms with Gasteiger partial charge in [0.2, 0.25) is 5.91 Å². The third kappa shape index (κ3) is 4.29. The van der Waals surface area contributed by atoms with Gasteiger partial charge in [0, 0.05) is 18.3 Å². The molecule has 1 aliphatic heterocycles. The Bertz CT molecular complexity index is 690. The van der Waals surface area contributed by atoms with Gasteiger partial charge in [-0.1, -0.05) is 12.8 Å². The minimum absolute atomic E-state index is 0.0519. The second-order valence-corrected chi connectivity index (χ2v) is 7.97. The zero-order valence-corrected chi connectivity index (χ0v) is 16.3. The number of halogens is 1. The number of esters is 1. The molecule has 3 rings (SSSR count). The maximum atomic E-state index is 13.1. The number of aromatic nitrogens is 1. The molecule has 1 saturated carbocycles. The second kappa shape index (κ2) is 7.92. The molecule has 0 aromatic carbocycles. The molecule has 0 N–H and O–H groups in total. The molecule has 2 fully saturated rings. The van der Waals surface area contributed by atoms with Gasteiger partial charge in [0.05, 0.1) is 19.7 Å². The fourth-order valence-corrected chi connectivity index (χ4v) is 4.12. The molecule has 6 nitrogen and oxygen atoms in total. The van der Waals surface area contributed by atoms with E-state index in [0.717, 1.165) is 25.5 Å². The van der Waals surface area contributed by atoms with Crippen LogP contribution in [0.5, 0.6) is 0 Å². The summed E-state index contributed by atoms with van der Waals surface area (Å²) in [7, 11) is 5.40. The van der Waals surface area contributed by atoms with E-state index < -0.39 is 11.4 Å². The first kappa shape index (κ1) is 19.7. The number of hydrogen-bond acceptors (Lipinski definition) is 5. The lowest BCUT2D eigenvalue weighted by Gasteiger charge is -2.49. The molecule has 1 aliphatic carbocycles. The highest BCUT2D eigenvalue weighted by Gasteiger charge is 2.53. The summed E-state index contributed by atoms with van der Waals surface area (Å²) >= 11 is 0. The molecular formula is C20H28FN3O3. The number of likely N-dealkylation sites (tertiary alicyclic amines) is 1. The monoisotopic (exact) mass is 377 g/mol. The fourth-order valence-electron chi connectivity index (χ4n) is 4.12. The zero-order valence-electron chi connectivity index (χ0n) is 16.3. The molecule has 2 atom stereocenters. The van der Waals surface area contributed by atoms with Crippen molar-refractivity contribution in [3.8, 4) is 0 Å². The highest BCUT2D eigenvalue weighted by molar-refractivity contribution is 5.89. The van der Waals surface area contributed by atoms with E-state index in [2.05, 4.69) is 9.88 Å². The van der Waals surface area contributed by atoms with Crippen LogP contribution in [0.1, 0.15) is 37.8 Å². The summed E-state index contributed by atoms with van der Waals surface area (Å²) in [5.74, 6) is -0.460. The standard InChI is InChI=1S/C20H28FN3O3/c1-23(2)17-8-9-24(18(25)10-16-7-6-15(21)13-22-16)20(12-17,19(26)27-3)11-14-4-5-14/h6-7,13-14,17H,4-5,8-12H2,1-3H3. The Balaban J connectivity index is 1.87. The van der Waals surface area contributed by atoms with Gasteiger partial charge in [-0.25, -0.2) is 9.18 Å². The number of pyridine rings is 1. The number of methoxy groups -OCH3 is 1. The molecular weight excluding hydrogens is 349 g/mol. The lowest BCUT2D eigenvalue weighted by Crippen LogP contribution is -2.64. The Morgan fingerprint density at radius 2 is 2.07 bits per heavy atom. The van der Waals surface area contributed by atoms with Gasteiger partial charge in [-0.15, -0.1) is 0 Å². The van der Waals surface area contributed by atoms with Crippen molar-refractivity contribution in [2.45, 2.75) is 50.1 Å². The Morgan fingerprint density at radius 1 is 1.33 bits per heavy atom. The Labute approximate surface area is 159 Å². The van der Waals surface area contributed by atoms with Crippen LogP contribution in [0.15, 0.2) is 18.3 Å². The number of nitrogens with zero attached hydrogens (tertiary/aromatic N) is 3. The van der Waals surface area contributed by atoms with Crippen molar-refractivity contribution < 1.29 is 18.7 Å². The number of carbonyl (C=O) groups excluding carboxylic acids is 2. The molecule has 0 spiro atoms. The predicted octanol–water partition coefficient (Wildman–Crippen LogP) is 2.03. The topological polar surface area (TPSA) is 62.7 Å². The second-order valence-electron chi connectivity index (χ2n) is 7.97. The smallest absolute Gasteiger partial charge is 0.331 e. The van der Waals surface area contributed by atoms with Gasteiger partial charge in [0.15, 0.2) is 0 Å². The number of ether oxygens (including phenoxy) is 1. The van der Waals surface area contributed by atoms with Gasteiger partial charge in [0.1, 0.15) is 11.4 Å². The van der Waals surface area contributed by atoms with E-state index in [9.17, 15) is 14.0 Å². The summed E-state index contributed by atoms with van der Waals surface area (Å²) in [5, 5.41) is 0. The molecule has 2 aliphatic rings. The van der Waals surface area contributed by atoms with Crippen molar-refractivity contribution in [1.82, 2.24) is 14.8 Å². The lowest BCUT2D eigenvalue weighted by atomic mass is 9.78. The summed E-state index contributed by atoms with van der Waals surface area (Å²) in [5.41, 5.74) is -0.429. The molecule has 2 heterocycles. The maximum Gasteiger partial charge on any atom is 0.331 e. The highest BCUT2D eigenvalue weighted by Crippen LogP contribution is 2.44. The number of amides is 1. The molecule has 0 bridgehead atoms. The van der Waals surface area contributed by atoms with Crippen LogP contribution in [-0.4, -0.2) is 66.0 Å². The van der Waals surface area contributed by atoms with E-state index in [0.29, 0.717) is 31.0 Å². The summed E-state index contributed by atoms with van der Waals surface area (Å²) in [6, 6.07) is 3.03. The molecule has 1 aromatic rings. The molecule has 27 heavy (non-hydrogen) atoms. The van der Waals surface area contributed by atoms with Crippen LogP contribution < -0.4 is 0 Å². The van der Waals surface area contributed by atoms with E-state index in [1.165, 1.54) is 19.2 Å². The molecule has 0 radical (unpaired) electrons. The van der Waals surface area contributed by atoms with Crippen molar-refractivity contribution in [1.29, 1.82) is 0 Å². The van der Waals surface area contributed by atoms with Crippen LogP contribution in [0.3, 0.4) is 0 Å². The van der Waals surface area contributed by atoms with Crippen LogP contribution in [0.2, 0.25) is 0 Å². The minimum Gasteiger partial charge on any atom is -0.467 e. The maximum absolute atomic E-state index is 13.1. The number of piperidine rings is 1. The van der Waals surface area contributed by atoms with Crippen LogP contribution in [0.4, 0.5) is 4.39 Å². The summed E-state index contributed by atoms with van der Waals surface area (Å²) in [6.07, 6.45) is 5.37. The average Bonchev–Trinajstić information content (AvgIpc) is 3.46. The average molecular weight is 377 g/mol. The van der Waals surface area contributed by atoms with Crippen molar-refractivity contribution in [2.75, 3.05) is 27.7 Å². The van der Waals surface area contributed by atoms with Crippen LogP contribution in [0.25, 0.3) is 0 Å². The van der Waals surface area contributed by atoms with E-state index >= 15 is 0 Å². The largest absolute Gasteiger partial charge is 0.467 e. The van der Waals surface area contributed by atoms with Crippen molar-refractivity contribution in [3.63, 3.8) is 0 Å². The third-order valence-corrected chi connectivity index (χ3v) is 5.82. The van der Waals surface area contributed by atoms with Crippen LogP contribution in [-0.2, 0) is 20.7 Å². The molecule has 1 saturated heterocycles. The number of carbonyl (C=O) groups is 2. The Morgan fingerprint density at radius 3 is 2.63 bits per heavy atom. The van der Waals surface area contributed by atoms with Crippen molar-refractivity contribution in [2.24, 2.45) is 5.92 Å². The predicted molar refractivity (Wildman–Crippen MR) is 98.4 cm³/mol. The first-order chi connectivity index (χ1) is 12.9. The van der Waals surface area contributed by atoms with Gasteiger partial charge in [-0.05, 0) is 51.4 Å². The molecule has 1 amide bonds. The molecule has 7 heteroatoms. The van der Waals surface area contributed by atoms with Gasteiger partial charge < -0.3 is 14.5 Å². The van der Waals surface area contributed by atoms with Crippen LogP contribution >= 0.6 is 0 Å². The summed E-state index contributed by atoms with van der Waals surface area (Å²) < 4.78 is 18.3. The minimum atomic E-state index is -0.930. The first-order valence-electron chi connectivity index (χ1n) is 9.51. The van der Waals surface area contributed by atoms with Gasteiger partial charge >= 0.3 is 5.97 Å². The molecule has 148 valence electrons. The van der Waals surface area contributed by atoms with Gasteiger partial charge in [0.25, 0.3) is 0 Å². The quantitative estimate of drug-likeness (QED) is 0.710. The van der Waals surface area contributed by atoms with Gasteiger partial charge in [-0.3, -0.25) is 9.78 Å². The van der Waals surface area contributed by atoms with E-state index in [1.54, 1.807) is 4.90 Å². The fraction of sp³-hybridized carbons (Fsp3) is 0.650. The lowest BCUT2D eigenvalue weighted by molar-refractivity contribution is -0.168. The van der Waals surface area contributed by atoms with Crippen LogP contribution in [0, 0.1) is 11.7 Å². The van der Waals surface area contributed by atoms with E-state index in [1.807, 2.05) is 14.1 Å². The van der Waals surface area contributed by atoms with E-state index in [-0.39, 0.29) is 24.3 Å². The number of hydrogen-bond donors (Lipinski definition) is 0. The Hall–Kier alpha value is -2.02. The first-order valence-corrected chi connectivity index (χ1v) is 9.51. The summed E-state index contributed by atoms with van der Waals surface area (Å²) in [4.78, 5) is 33.9. The van der Waals surface area contributed by atoms with E-state index in [4.69, 9.17) is 4.74 Å². The van der Waals surface area contributed by atoms with Crippen molar-refractivity contribution in [3.05, 3.63) is 29.8 Å². The molecule has 2 unspecified atom stereocenters. The normalized spacial score (nSPS) is 25.5. The molecule has 1 aromatic heterocycles. The third-order valence-electron chi connectivity index (χ3n) is 5.82. The number of rotatable bonds is 6. The van der Waals surface area contributed by atoms with Gasteiger partial charge in [-0.2, -0.15) is 0 Å². The zero-order chi connectivity index (χ0) is 19.6.